The van der Waals surface area contributed by atoms with Gasteiger partial charge in [-0.25, -0.2) is 0 Å². The molecule has 18 heavy (non-hydrogen) atoms. The molecule has 0 amide bonds. The molecule has 2 nitrogen and oxygen atoms in total. The van der Waals surface area contributed by atoms with Gasteiger partial charge in [0.05, 0.1) is 7.11 Å². The van der Waals surface area contributed by atoms with Crippen molar-refractivity contribution in [2.75, 3.05) is 20.2 Å². The molecule has 1 heterocycles. The summed E-state index contributed by atoms with van der Waals surface area (Å²) in [4.78, 5) is 0. The summed E-state index contributed by atoms with van der Waals surface area (Å²) in [7, 11) is 1.72. The molecule has 100 valence electrons. The predicted molar refractivity (Wildman–Crippen MR) is 76.1 cm³/mol. The number of benzene rings is 1. The quantitative estimate of drug-likeness (QED) is 0.881. The van der Waals surface area contributed by atoms with Gasteiger partial charge in [-0.05, 0) is 61.4 Å². The molecule has 0 aromatic heterocycles. The second-order valence-electron chi connectivity index (χ2n) is 5.86. The van der Waals surface area contributed by atoms with Crippen molar-refractivity contribution < 1.29 is 4.74 Å². The van der Waals surface area contributed by atoms with Gasteiger partial charge in [-0.2, -0.15) is 0 Å². The molecule has 0 bridgehead atoms. The van der Waals surface area contributed by atoms with E-state index in [4.69, 9.17) is 4.74 Å². The molecule has 2 heteroatoms. The minimum absolute atomic E-state index is 0.491. The van der Waals surface area contributed by atoms with Crippen LogP contribution in [-0.2, 0) is 6.42 Å². The second-order valence-corrected chi connectivity index (χ2v) is 5.86. The Balaban J connectivity index is 1.93. The summed E-state index contributed by atoms with van der Waals surface area (Å²) in [6, 6.07) is 8.49. The van der Waals surface area contributed by atoms with E-state index < -0.39 is 0 Å². The van der Waals surface area contributed by atoms with E-state index in [-0.39, 0.29) is 0 Å². The first kappa shape index (κ1) is 13.4. The minimum atomic E-state index is 0.491. The van der Waals surface area contributed by atoms with Crippen molar-refractivity contribution in [3.05, 3.63) is 29.8 Å². The molecule has 2 unspecified atom stereocenters. The molecule has 1 aliphatic rings. The molecular formula is C16H25NO. The van der Waals surface area contributed by atoms with Gasteiger partial charge in [-0.1, -0.05) is 26.0 Å². The number of aryl methyl sites for hydroxylation is 1. The van der Waals surface area contributed by atoms with Crippen molar-refractivity contribution in [1.29, 1.82) is 0 Å². The standard InChI is InChI=1S/C16H25NO/c1-13-12-17-11-10-16(13,2)9-8-14-4-6-15(18-3)7-5-14/h4-7,13,17H,8-12H2,1-3H3. The first-order valence-corrected chi connectivity index (χ1v) is 6.98. The zero-order valence-corrected chi connectivity index (χ0v) is 11.8. The smallest absolute Gasteiger partial charge is 0.118 e. The molecule has 1 fully saturated rings. The molecule has 0 radical (unpaired) electrons. The number of methoxy groups -OCH3 is 1. The Bertz CT molecular complexity index is 373. The van der Waals surface area contributed by atoms with Gasteiger partial charge in [0.1, 0.15) is 5.75 Å². The van der Waals surface area contributed by atoms with Gasteiger partial charge in [0.15, 0.2) is 0 Å². The lowest BCUT2D eigenvalue weighted by atomic mass is 9.70. The van der Waals surface area contributed by atoms with Crippen LogP contribution in [0.3, 0.4) is 0 Å². The number of ether oxygens (including phenoxy) is 1. The monoisotopic (exact) mass is 247 g/mol. The number of hydrogen-bond donors (Lipinski definition) is 1. The number of hydrogen-bond acceptors (Lipinski definition) is 2. The summed E-state index contributed by atoms with van der Waals surface area (Å²) in [5.41, 5.74) is 1.91. The second kappa shape index (κ2) is 5.75. The highest BCUT2D eigenvalue weighted by molar-refractivity contribution is 5.27. The lowest BCUT2D eigenvalue weighted by molar-refractivity contribution is 0.132. The van der Waals surface area contributed by atoms with E-state index in [1.807, 2.05) is 0 Å². The maximum absolute atomic E-state index is 5.19. The van der Waals surface area contributed by atoms with Gasteiger partial charge in [-0.15, -0.1) is 0 Å². The van der Waals surface area contributed by atoms with Crippen molar-refractivity contribution in [2.45, 2.75) is 33.1 Å². The highest BCUT2D eigenvalue weighted by Crippen LogP contribution is 2.37. The van der Waals surface area contributed by atoms with Gasteiger partial charge in [0.25, 0.3) is 0 Å². The largest absolute Gasteiger partial charge is 0.497 e. The minimum Gasteiger partial charge on any atom is -0.497 e. The van der Waals surface area contributed by atoms with Crippen LogP contribution in [0.5, 0.6) is 5.75 Å². The molecule has 2 atom stereocenters. The van der Waals surface area contributed by atoms with Gasteiger partial charge < -0.3 is 10.1 Å². The third kappa shape index (κ3) is 3.05. The zero-order valence-electron chi connectivity index (χ0n) is 11.8. The summed E-state index contributed by atoms with van der Waals surface area (Å²) in [5.74, 6) is 1.71. The van der Waals surface area contributed by atoms with Crippen LogP contribution in [0.4, 0.5) is 0 Å². The lowest BCUT2D eigenvalue weighted by Gasteiger charge is -2.40. The van der Waals surface area contributed by atoms with Crippen LogP contribution in [0.1, 0.15) is 32.3 Å². The van der Waals surface area contributed by atoms with E-state index in [1.165, 1.54) is 37.9 Å². The Kier molecular flexibility index (Phi) is 4.28. The molecule has 1 aliphatic heterocycles. The predicted octanol–water partition coefficient (Wildman–Crippen LogP) is 3.26. The molecule has 1 saturated heterocycles. The summed E-state index contributed by atoms with van der Waals surface area (Å²) in [5, 5.41) is 3.49. The molecule has 1 aromatic rings. The first-order valence-electron chi connectivity index (χ1n) is 6.98. The van der Waals surface area contributed by atoms with Crippen molar-refractivity contribution in [3.8, 4) is 5.75 Å². The number of piperidine rings is 1. The molecule has 2 rings (SSSR count). The Labute approximate surface area is 111 Å². The normalized spacial score (nSPS) is 28.1. The lowest BCUT2D eigenvalue weighted by Crippen LogP contribution is -2.42. The maximum atomic E-state index is 5.19. The maximum Gasteiger partial charge on any atom is 0.118 e. The summed E-state index contributed by atoms with van der Waals surface area (Å²) >= 11 is 0. The van der Waals surface area contributed by atoms with Gasteiger partial charge in [0.2, 0.25) is 0 Å². The molecule has 0 spiro atoms. The van der Waals surface area contributed by atoms with Crippen LogP contribution < -0.4 is 10.1 Å². The van der Waals surface area contributed by atoms with E-state index >= 15 is 0 Å². The van der Waals surface area contributed by atoms with Crippen LogP contribution in [0.2, 0.25) is 0 Å². The summed E-state index contributed by atoms with van der Waals surface area (Å²) in [6.45, 7) is 7.16. The number of rotatable bonds is 4. The van der Waals surface area contributed by atoms with Gasteiger partial charge in [-0.3, -0.25) is 0 Å². The van der Waals surface area contributed by atoms with Crippen molar-refractivity contribution >= 4 is 0 Å². The third-order valence-electron chi connectivity index (χ3n) is 4.66. The van der Waals surface area contributed by atoms with E-state index in [9.17, 15) is 0 Å². The Hall–Kier alpha value is -1.02. The third-order valence-corrected chi connectivity index (χ3v) is 4.66. The van der Waals surface area contributed by atoms with E-state index in [2.05, 4.69) is 43.4 Å². The molecule has 1 N–H and O–H groups in total. The van der Waals surface area contributed by atoms with E-state index in [1.54, 1.807) is 7.11 Å². The zero-order chi connectivity index (χ0) is 13.0. The summed E-state index contributed by atoms with van der Waals surface area (Å²) in [6.07, 6.45) is 3.75. The molecular weight excluding hydrogens is 222 g/mol. The fraction of sp³-hybridized carbons (Fsp3) is 0.625. The average molecular weight is 247 g/mol. The van der Waals surface area contributed by atoms with Crippen LogP contribution in [0, 0.1) is 11.3 Å². The Morgan fingerprint density at radius 2 is 2.06 bits per heavy atom. The highest BCUT2D eigenvalue weighted by atomic mass is 16.5. The average Bonchev–Trinajstić information content (AvgIpc) is 2.41. The SMILES string of the molecule is COc1ccc(CCC2(C)CCNCC2C)cc1. The van der Waals surface area contributed by atoms with Crippen LogP contribution in [0.15, 0.2) is 24.3 Å². The topological polar surface area (TPSA) is 21.3 Å². The number of nitrogens with one attached hydrogen (secondary N) is 1. The van der Waals surface area contributed by atoms with E-state index in [0.29, 0.717) is 5.41 Å². The van der Waals surface area contributed by atoms with Gasteiger partial charge in [0, 0.05) is 0 Å². The Morgan fingerprint density at radius 1 is 1.33 bits per heavy atom. The van der Waals surface area contributed by atoms with E-state index in [0.717, 1.165) is 11.7 Å². The van der Waals surface area contributed by atoms with Crippen molar-refractivity contribution in [1.82, 2.24) is 5.32 Å². The first-order chi connectivity index (χ1) is 8.64. The van der Waals surface area contributed by atoms with Crippen LogP contribution >= 0.6 is 0 Å². The highest BCUT2D eigenvalue weighted by Gasteiger charge is 2.32. The van der Waals surface area contributed by atoms with Crippen LogP contribution in [0.25, 0.3) is 0 Å². The summed E-state index contributed by atoms with van der Waals surface area (Å²) < 4.78 is 5.19. The Morgan fingerprint density at radius 3 is 2.67 bits per heavy atom. The van der Waals surface area contributed by atoms with Crippen LogP contribution in [-0.4, -0.2) is 20.2 Å². The molecule has 0 aliphatic carbocycles. The molecule has 1 aromatic carbocycles. The fourth-order valence-electron chi connectivity index (χ4n) is 2.78. The van der Waals surface area contributed by atoms with Crippen molar-refractivity contribution in [3.63, 3.8) is 0 Å². The van der Waals surface area contributed by atoms with Gasteiger partial charge >= 0.3 is 0 Å². The van der Waals surface area contributed by atoms with Crippen molar-refractivity contribution in [2.24, 2.45) is 11.3 Å². The fourth-order valence-corrected chi connectivity index (χ4v) is 2.78. The molecule has 0 saturated carbocycles.